The summed E-state index contributed by atoms with van der Waals surface area (Å²) in [6.07, 6.45) is 2.19. The number of hydrogen-bond donors (Lipinski definition) is 0. The highest BCUT2D eigenvalue weighted by atomic mass is 35.5. The fourth-order valence-electron chi connectivity index (χ4n) is 3.86. The summed E-state index contributed by atoms with van der Waals surface area (Å²) in [6, 6.07) is 12.0. The SMILES string of the molecule is CCC1=C(C(=O)OC)[C@H](c2ccccc2)n2c(s/c(=C/c3cc(Cl)cc(Cl)c3OC)c2=O)=N1. The first-order chi connectivity index (χ1) is 15.9. The van der Waals surface area contributed by atoms with Crippen molar-refractivity contribution in [2.24, 2.45) is 4.99 Å². The summed E-state index contributed by atoms with van der Waals surface area (Å²) in [5.74, 6) is -0.0990. The van der Waals surface area contributed by atoms with Gasteiger partial charge in [-0.25, -0.2) is 9.79 Å². The quantitative estimate of drug-likeness (QED) is 0.492. The molecular formula is C24H20Cl2N2O4S. The molecule has 0 saturated heterocycles. The summed E-state index contributed by atoms with van der Waals surface area (Å²) in [6.45, 7) is 1.91. The van der Waals surface area contributed by atoms with Crippen LogP contribution in [-0.2, 0) is 9.53 Å². The van der Waals surface area contributed by atoms with E-state index in [0.717, 1.165) is 5.56 Å². The van der Waals surface area contributed by atoms with Crippen molar-refractivity contribution < 1.29 is 14.3 Å². The van der Waals surface area contributed by atoms with Crippen molar-refractivity contribution in [3.63, 3.8) is 0 Å². The van der Waals surface area contributed by atoms with Gasteiger partial charge < -0.3 is 9.47 Å². The first kappa shape index (κ1) is 23.3. The van der Waals surface area contributed by atoms with Gasteiger partial charge in [0.2, 0.25) is 0 Å². The first-order valence-electron chi connectivity index (χ1n) is 10.1. The second-order valence-electron chi connectivity index (χ2n) is 7.21. The second-order valence-corrected chi connectivity index (χ2v) is 9.06. The second kappa shape index (κ2) is 9.55. The van der Waals surface area contributed by atoms with Crippen molar-refractivity contribution in [1.82, 2.24) is 4.57 Å². The molecule has 9 heteroatoms. The third-order valence-electron chi connectivity index (χ3n) is 5.29. The molecule has 2 aromatic carbocycles. The number of allylic oxidation sites excluding steroid dienone is 1. The summed E-state index contributed by atoms with van der Waals surface area (Å²) in [5.41, 5.74) is 2.01. The zero-order valence-corrected chi connectivity index (χ0v) is 20.4. The highest BCUT2D eigenvalue weighted by molar-refractivity contribution is 7.07. The summed E-state index contributed by atoms with van der Waals surface area (Å²) < 4.78 is 12.4. The number of methoxy groups -OCH3 is 2. The van der Waals surface area contributed by atoms with Crippen molar-refractivity contribution in [3.05, 3.63) is 94.6 Å². The average molecular weight is 503 g/mol. The van der Waals surface area contributed by atoms with Gasteiger partial charge >= 0.3 is 5.97 Å². The summed E-state index contributed by atoms with van der Waals surface area (Å²) in [4.78, 5) is 31.6. The monoisotopic (exact) mass is 502 g/mol. The molecule has 3 aromatic rings. The maximum absolute atomic E-state index is 13.6. The summed E-state index contributed by atoms with van der Waals surface area (Å²) in [7, 11) is 2.82. The predicted molar refractivity (Wildman–Crippen MR) is 130 cm³/mol. The number of fused-ring (bicyclic) bond motifs is 1. The molecule has 0 amide bonds. The number of aromatic nitrogens is 1. The van der Waals surface area contributed by atoms with Crippen LogP contribution in [0.15, 0.2) is 63.5 Å². The van der Waals surface area contributed by atoms with E-state index in [9.17, 15) is 9.59 Å². The van der Waals surface area contributed by atoms with Gasteiger partial charge in [-0.05, 0) is 30.2 Å². The van der Waals surface area contributed by atoms with E-state index in [2.05, 4.69) is 4.99 Å². The fraction of sp³-hybridized carbons (Fsp3) is 0.208. The molecule has 0 fully saturated rings. The molecule has 0 aliphatic carbocycles. The molecule has 1 aliphatic heterocycles. The van der Waals surface area contributed by atoms with Gasteiger partial charge in [-0.1, -0.05) is 71.8 Å². The lowest BCUT2D eigenvalue weighted by molar-refractivity contribution is -0.136. The van der Waals surface area contributed by atoms with E-state index in [0.29, 0.717) is 48.4 Å². The van der Waals surface area contributed by atoms with Gasteiger partial charge in [-0.2, -0.15) is 0 Å². The van der Waals surface area contributed by atoms with Crippen LogP contribution in [0.1, 0.15) is 30.5 Å². The maximum atomic E-state index is 13.6. The number of halogens is 2. The van der Waals surface area contributed by atoms with Gasteiger partial charge in [0.25, 0.3) is 5.56 Å². The Morgan fingerprint density at radius 2 is 1.94 bits per heavy atom. The number of hydrogen-bond acceptors (Lipinski definition) is 6. The maximum Gasteiger partial charge on any atom is 0.338 e. The molecule has 170 valence electrons. The molecule has 1 atom stereocenters. The van der Waals surface area contributed by atoms with Gasteiger partial charge in [0, 0.05) is 10.6 Å². The number of thiazole rings is 1. The number of esters is 1. The Bertz CT molecular complexity index is 1440. The average Bonchev–Trinajstić information content (AvgIpc) is 3.12. The molecule has 0 unspecified atom stereocenters. The Hall–Kier alpha value is -2.87. The van der Waals surface area contributed by atoms with Crippen LogP contribution in [-0.4, -0.2) is 24.8 Å². The number of carbonyl (C=O) groups excluding carboxylic acids is 1. The molecule has 0 saturated carbocycles. The molecule has 33 heavy (non-hydrogen) atoms. The summed E-state index contributed by atoms with van der Waals surface area (Å²) in [5, 5.41) is 0.760. The van der Waals surface area contributed by atoms with Gasteiger partial charge in [-0.15, -0.1) is 0 Å². The lowest BCUT2D eigenvalue weighted by Gasteiger charge is -2.25. The molecule has 0 N–H and O–H groups in total. The van der Waals surface area contributed by atoms with Crippen LogP contribution < -0.4 is 19.6 Å². The minimum Gasteiger partial charge on any atom is -0.495 e. The topological polar surface area (TPSA) is 69.9 Å². The van der Waals surface area contributed by atoms with Gasteiger partial charge in [0.05, 0.1) is 41.1 Å². The van der Waals surface area contributed by atoms with E-state index in [1.807, 2.05) is 37.3 Å². The highest BCUT2D eigenvalue weighted by Crippen LogP contribution is 2.33. The largest absolute Gasteiger partial charge is 0.495 e. The molecule has 2 heterocycles. The highest BCUT2D eigenvalue weighted by Gasteiger charge is 2.33. The number of rotatable bonds is 5. The van der Waals surface area contributed by atoms with Gasteiger partial charge in [0.15, 0.2) is 4.80 Å². The lowest BCUT2D eigenvalue weighted by Crippen LogP contribution is -2.40. The van der Waals surface area contributed by atoms with Crippen molar-refractivity contribution in [2.45, 2.75) is 19.4 Å². The van der Waals surface area contributed by atoms with Crippen molar-refractivity contribution in [2.75, 3.05) is 14.2 Å². The Balaban J connectivity index is 2.03. The molecule has 0 radical (unpaired) electrons. The standard InChI is InChI=1S/C24H20Cl2N2O4S/c1-4-17-19(23(30)32-3)20(13-8-6-5-7-9-13)28-22(29)18(33-24(28)27-17)11-14-10-15(25)12-16(26)21(14)31-2/h5-12,20H,4H2,1-3H3/b18-11+/t20-/m0/s1. The molecule has 4 rings (SSSR count). The van der Waals surface area contributed by atoms with Crippen LogP contribution in [0.2, 0.25) is 10.0 Å². The van der Waals surface area contributed by atoms with E-state index < -0.39 is 12.0 Å². The smallest absolute Gasteiger partial charge is 0.338 e. The van der Waals surface area contributed by atoms with Gasteiger partial charge in [-0.3, -0.25) is 9.36 Å². The minimum atomic E-state index is -0.656. The normalized spacial score (nSPS) is 15.8. The minimum absolute atomic E-state index is 0.290. The van der Waals surface area contributed by atoms with Gasteiger partial charge in [0.1, 0.15) is 5.75 Å². The Labute approximate surface area is 204 Å². The van der Waals surface area contributed by atoms with Crippen LogP contribution in [0.3, 0.4) is 0 Å². The van der Waals surface area contributed by atoms with Crippen molar-refractivity contribution in [1.29, 1.82) is 0 Å². The molecule has 1 aromatic heterocycles. The number of nitrogens with zero attached hydrogens (tertiary/aromatic N) is 2. The molecule has 6 nitrogen and oxygen atoms in total. The van der Waals surface area contributed by atoms with Crippen molar-refractivity contribution >= 4 is 46.6 Å². The van der Waals surface area contributed by atoms with E-state index in [1.165, 1.54) is 30.1 Å². The molecular weight excluding hydrogens is 483 g/mol. The zero-order valence-electron chi connectivity index (χ0n) is 18.1. The molecule has 0 spiro atoms. The predicted octanol–water partition coefficient (Wildman–Crippen LogP) is 4.11. The Morgan fingerprint density at radius 3 is 2.58 bits per heavy atom. The van der Waals surface area contributed by atoms with E-state index >= 15 is 0 Å². The summed E-state index contributed by atoms with van der Waals surface area (Å²) >= 11 is 13.7. The Kier molecular flexibility index (Phi) is 6.74. The van der Waals surface area contributed by atoms with Crippen LogP contribution in [0.4, 0.5) is 0 Å². The van der Waals surface area contributed by atoms with E-state index in [1.54, 1.807) is 18.2 Å². The number of benzene rings is 2. The van der Waals surface area contributed by atoms with Crippen molar-refractivity contribution in [3.8, 4) is 5.75 Å². The first-order valence-corrected chi connectivity index (χ1v) is 11.7. The van der Waals surface area contributed by atoms with E-state index in [4.69, 9.17) is 32.7 Å². The lowest BCUT2D eigenvalue weighted by atomic mass is 9.95. The third kappa shape index (κ3) is 4.24. The van der Waals surface area contributed by atoms with Crippen LogP contribution in [0.25, 0.3) is 6.08 Å². The molecule has 0 bridgehead atoms. The number of ether oxygens (including phenoxy) is 2. The zero-order chi connectivity index (χ0) is 23.7. The Morgan fingerprint density at radius 1 is 1.21 bits per heavy atom. The molecule has 1 aliphatic rings. The van der Waals surface area contributed by atoms with Crippen LogP contribution in [0.5, 0.6) is 5.75 Å². The fourth-order valence-corrected chi connectivity index (χ4v) is 5.46. The van der Waals surface area contributed by atoms with Crippen LogP contribution in [0, 0.1) is 0 Å². The van der Waals surface area contributed by atoms with E-state index in [-0.39, 0.29) is 5.56 Å². The van der Waals surface area contributed by atoms with Crippen LogP contribution >= 0.6 is 34.5 Å². The third-order valence-corrected chi connectivity index (χ3v) is 6.78. The number of carbonyl (C=O) groups is 1.